The van der Waals surface area contributed by atoms with E-state index in [0.717, 1.165) is 22.5 Å². The zero-order valence-electron chi connectivity index (χ0n) is 18.1. The first-order valence-corrected chi connectivity index (χ1v) is 10.5. The number of aryl methyl sites for hydroxylation is 1. The van der Waals surface area contributed by atoms with Crippen LogP contribution >= 0.6 is 0 Å². The molecule has 1 aromatic heterocycles. The molecule has 1 atom stereocenters. The number of carbonyl (C=O) groups is 2. The van der Waals surface area contributed by atoms with Gasteiger partial charge in [-0.1, -0.05) is 50.2 Å². The van der Waals surface area contributed by atoms with Gasteiger partial charge in [0, 0.05) is 37.7 Å². The molecule has 31 heavy (non-hydrogen) atoms. The topological polar surface area (TPSA) is 80.1 Å². The lowest BCUT2D eigenvalue weighted by Gasteiger charge is -2.36. The highest BCUT2D eigenvalue weighted by atomic mass is 16.2. The summed E-state index contributed by atoms with van der Waals surface area (Å²) in [7, 11) is 1.87. The van der Waals surface area contributed by atoms with Crippen LogP contribution < -0.4 is 5.32 Å². The van der Waals surface area contributed by atoms with E-state index in [0.29, 0.717) is 25.1 Å². The number of hydrogen-bond acceptors (Lipinski definition) is 4. The molecule has 0 saturated heterocycles. The minimum absolute atomic E-state index is 0.0116. The summed E-state index contributed by atoms with van der Waals surface area (Å²) in [5.74, 6) is 0.784. The maximum absolute atomic E-state index is 13.3. The number of rotatable bonds is 5. The smallest absolute Gasteiger partial charge is 0.247 e. The Hall–Kier alpha value is -3.48. The summed E-state index contributed by atoms with van der Waals surface area (Å²) in [6, 6.07) is 15.0. The van der Waals surface area contributed by atoms with Crippen LogP contribution in [0.3, 0.4) is 0 Å². The second-order valence-electron chi connectivity index (χ2n) is 8.44. The van der Waals surface area contributed by atoms with Gasteiger partial charge in [-0.15, -0.1) is 10.2 Å². The number of nitrogens with one attached hydrogen (secondary N) is 1. The fraction of sp³-hybridized carbons (Fsp3) is 0.333. The molecule has 7 heteroatoms. The van der Waals surface area contributed by atoms with Gasteiger partial charge in [0.2, 0.25) is 11.8 Å². The molecule has 1 N–H and O–H groups in total. The van der Waals surface area contributed by atoms with E-state index in [-0.39, 0.29) is 17.7 Å². The van der Waals surface area contributed by atoms with Crippen molar-refractivity contribution in [3.05, 3.63) is 66.0 Å². The Kier molecular flexibility index (Phi) is 5.84. The zero-order valence-corrected chi connectivity index (χ0v) is 18.1. The van der Waals surface area contributed by atoms with Crippen LogP contribution in [0.2, 0.25) is 0 Å². The molecular weight excluding hydrogens is 390 g/mol. The van der Waals surface area contributed by atoms with Gasteiger partial charge in [-0.2, -0.15) is 0 Å². The molecule has 4 rings (SSSR count). The Labute approximate surface area is 182 Å². The SMILES string of the molecule is CC(C)CC(=O)N1Cc2ccccc2CC1C(=O)Nc1cccc(-c2nncn2C)c1. The summed E-state index contributed by atoms with van der Waals surface area (Å²) in [4.78, 5) is 28.0. The summed E-state index contributed by atoms with van der Waals surface area (Å²) in [5, 5.41) is 11.1. The molecule has 0 saturated carbocycles. The molecule has 1 aliphatic heterocycles. The van der Waals surface area contributed by atoms with E-state index in [1.807, 2.05) is 74.0 Å². The molecule has 160 valence electrons. The first-order valence-electron chi connectivity index (χ1n) is 10.5. The Bertz CT molecular complexity index is 1100. The molecule has 2 amide bonds. The van der Waals surface area contributed by atoms with Crippen molar-refractivity contribution in [3.8, 4) is 11.4 Å². The average molecular weight is 418 g/mol. The van der Waals surface area contributed by atoms with Gasteiger partial charge in [-0.05, 0) is 29.2 Å². The molecule has 1 unspecified atom stereocenters. The maximum atomic E-state index is 13.3. The monoisotopic (exact) mass is 417 g/mol. The zero-order chi connectivity index (χ0) is 22.0. The van der Waals surface area contributed by atoms with Crippen LogP contribution in [0.1, 0.15) is 31.4 Å². The fourth-order valence-corrected chi connectivity index (χ4v) is 3.99. The summed E-state index contributed by atoms with van der Waals surface area (Å²) < 4.78 is 1.82. The summed E-state index contributed by atoms with van der Waals surface area (Å²) in [6.07, 6.45) is 2.57. The fourth-order valence-electron chi connectivity index (χ4n) is 3.99. The van der Waals surface area contributed by atoms with Gasteiger partial charge < -0.3 is 14.8 Å². The van der Waals surface area contributed by atoms with Crippen molar-refractivity contribution in [2.75, 3.05) is 5.32 Å². The van der Waals surface area contributed by atoms with Gasteiger partial charge >= 0.3 is 0 Å². The molecule has 2 heterocycles. The largest absolute Gasteiger partial charge is 0.326 e. The lowest BCUT2D eigenvalue weighted by molar-refractivity contribution is -0.140. The maximum Gasteiger partial charge on any atom is 0.247 e. The number of fused-ring (bicyclic) bond motifs is 1. The number of benzene rings is 2. The molecule has 3 aromatic rings. The number of aromatic nitrogens is 3. The first kappa shape index (κ1) is 20.8. The Balaban J connectivity index is 1.58. The van der Waals surface area contributed by atoms with Crippen LogP contribution in [0.4, 0.5) is 5.69 Å². The van der Waals surface area contributed by atoms with Crippen molar-refractivity contribution >= 4 is 17.5 Å². The highest BCUT2D eigenvalue weighted by molar-refractivity contribution is 5.98. The van der Waals surface area contributed by atoms with Gasteiger partial charge in [0.25, 0.3) is 0 Å². The molecule has 0 aliphatic carbocycles. The van der Waals surface area contributed by atoms with E-state index >= 15 is 0 Å². The molecule has 0 spiro atoms. The standard InChI is InChI=1S/C24H27N5O2/c1-16(2)11-22(30)29-14-19-8-5-4-7-17(19)13-21(29)24(31)26-20-10-6-9-18(12-20)23-27-25-15-28(23)3/h4-10,12,15-16,21H,11,13-14H2,1-3H3,(H,26,31). The summed E-state index contributed by atoms with van der Waals surface area (Å²) >= 11 is 0. The lowest BCUT2D eigenvalue weighted by Crippen LogP contribution is -2.50. The molecular formula is C24H27N5O2. The third kappa shape index (κ3) is 4.50. The van der Waals surface area contributed by atoms with Crippen molar-refractivity contribution in [3.63, 3.8) is 0 Å². The highest BCUT2D eigenvalue weighted by Crippen LogP contribution is 2.26. The third-order valence-electron chi connectivity index (χ3n) is 5.55. The number of nitrogens with zero attached hydrogens (tertiary/aromatic N) is 4. The third-order valence-corrected chi connectivity index (χ3v) is 5.55. The van der Waals surface area contributed by atoms with Gasteiger partial charge in [0.15, 0.2) is 5.82 Å². The Morgan fingerprint density at radius 3 is 2.61 bits per heavy atom. The molecule has 7 nitrogen and oxygen atoms in total. The quantitative estimate of drug-likeness (QED) is 0.690. The van der Waals surface area contributed by atoms with E-state index in [1.165, 1.54) is 0 Å². The second kappa shape index (κ2) is 8.71. The van der Waals surface area contributed by atoms with Gasteiger partial charge in [-0.3, -0.25) is 9.59 Å². The van der Waals surface area contributed by atoms with E-state index in [2.05, 4.69) is 15.5 Å². The molecule has 2 aromatic carbocycles. The van der Waals surface area contributed by atoms with Crippen LogP contribution in [0.15, 0.2) is 54.9 Å². The van der Waals surface area contributed by atoms with Crippen molar-refractivity contribution in [2.45, 2.75) is 39.3 Å². The molecule has 0 bridgehead atoms. The molecule has 1 aliphatic rings. The minimum Gasteiger partial charge on any atom is -0.326 e. The lowest BCUT2D eigenvalue weighted by atomic mass is 9.92. The van der Waals surface area contributed by atoms with Crippen molar-refractivity contribution < 1.29 is 9.59 Å². The number of hydrogen-bond donors (Lipinski definition) is 1. The Morgan fingerprint density at radius 1 is 1.13 bits per heavy atom. The Morgan fingerprint density at radius 2 is 1.90 bits per heavy atom. The van der Waals surface area contributed by atoms with Crippen LogP contribution in [0.25, 0.3) is 11.4 Å². The normalized spacial score (nSPS) is 15.6. The van der Waals surface area contributed by atoms with Gasteiger partial charge in [0.1, 0.15) is 12.4 Å². The number of amides is 2. The predicted octanol–water partition coefficient (Wildman–Crippen LogP) is 3.42. The highest BCUT2D eigenvalue weighted by Gasteiger charge is 2.34. The van der Waals surface area contributed by atoms with Crippen molar-refractivity contribution in [1.29, 1.82) is 0 Å². The van der Waals surface area contributed by atoms with Crippen LogP contribution in [0.5, 0.6) is 0 Å². The molecule has 0 radical (unpaired) electrons. The van der Waals surface area contributed by atoms with Crippen LogP contribution in [-0.2, 0) is 29.6 Å². The average Bonchev–Trinajstić information content (AvgIpc) is 3.18. The summed E-state index contributed by atoms with van der Waals surface area (Å²) in [5.41, 5.74) is 3.75. The predicted molar refractivity (Wildman–Crippen MR) is 119 cm³/mol. The second-order valence-corrected chi connectivity index (χ2v) is 8.44. The molecule has 0 fully saturated rings. The van der Waals surface area contributed by atoms with Crippen LogP contribution in [0, 0.1) is 5.92 Å². The van der Waals surface area contributed by atoms with E-state index in [4.69, 9.17) is 0 Å². The van der Waals surface area contributed by atoms with Gasteiger partial charge in [-0.25, -0.2) is 0 Å². The number of anilines is 1. The number of carbonyl (C=O) groups excluding carboxylic acids is 2. The van der Waals surface area contributed by atoms with Gasteiger partial charge in [0.05, 0.1) is 0 Å². The van der Waals surface area contributed by atoms with E-state index < -0.39 is 6.04 Å². The van der Waals surface area contributed by atoms with Crippen LogP contribution in [-0.4, -0.2) is 37.5 Å². The first-order chi connectivity index (χ1) is 14.9. The minimum atomic E-state index is -0.542. The van der Waals surface area contributed by atoms with Crippen molar-refractivity contribution in [1.82, 2.24) is 19.7 Å². The van der Waals surface area contributed by atoms with E-state index in [1.54, 1.807) is 11.2 Å². The van der Waals surface area contributed by atoms with E-state index in [9.17, 15) is 9.59 Å². The summed E-state index contributed by atoms with van der Waals surface area (Å²) in [6.45, 7) is 4.49. The van der Waals surface area contributed by atoms with Crippen molar-refractivity contribution in [2.24, 2.45) is 13.0 Å².